The van der Waals surface area contributed by atoms with Gasteiger partial charge in [-0.3, -0.25) is 9.32 Å². The van der Waals surface area contributed by atoms with E-state index in [1.54, 1.807) is 0 Å². The van der Waals surface area contributed by atoms with Crippen molar-refractivity contribution in [2.45, 2.75) is 6.92 Å². The normalized spacial score (nSPS) is 11.5. The first-order valence-electron chi connectivity index (χ1n) is 2.75. The van der Waals surface area contributed by atoms with Crippen LogP contribution in [0, 0.1) is 0 Å². The summed E-state index contributed by atoms with van der Waals surface area (Å²) in [5.41, 5.74) is 0. The summed E-state index contributed by atoms with van der Waals surface area (Å²) >= 11 is 0.965. The standard InChI is InChI=1S/C4H9O5PS/c1-4(5)11-3-2-9-10(6,7)8/h2-3H2,1H3,(H2,6,7,8). The lowest BCUT2D eigenvalue weighted by Crippen LogP contribution is -1.96. The zero-order chi connectivity index (χ0) is 8.91. The number of carbonyl (C=O) groups is 1. The van der Waals surface area contributed by atoms with Crippen LogP contribution in [0.2, 0.25) is 0 Å². The van der Waals surface area contributed by atoms with Crippen LogP contribution in [0.3, 0.4) is 0 Å². The lowest BCUT2D eigenvalue weighted by atomic mass is 10.9. The molecule has 0 atom stereocenters. The van der Waals surface area contributed by atoms with Crippen LogP contribution < -0.4 is 0 Å². The molecule has 0 unspecified atom stereocenters. The van der Waals surface area contributed by atoms with Crippen molar-refractivity contribution in [1.82, 2.24) is 0 Å². The molecule has 0 aromatic carbocycles. The number of phosphoric ester groups is 1. The van der Waals surface area contributed by atoms with E-state index in [1.807, 2.05) is 0 Å². The monoisotopic (exact) mass is 200 g/mol. The van der Waals surface area contributed by atoms with E-state index in [0.29, 0.717) is 0 Å². The molecule has 0 aromatic rings. The SMILES string of the molecule is CC(=O)SCCOP(=O)(O)O. The fraction of sp³-hybridized carbons (Fsp3) is 0.750. The Morgan fingerprint density at radius 1 is 1.64 bits per heavy atom. The minimum Gasteiger partial charge on any atom is -0.303 e. The summed E-state index contributed by atoms with van der Waals surface area (Å²) in [5.74, 6) is 0.264. The van der Waals surface area contributed by atoms with E-state index in [2.05, 4.69) is 4.52 Å². The average molecular weight is 200 g/mol. The molecule has 0 amide bonds. The molecule has 0 aliphatic carbocycles. The molecule has 0 fully saturated rings. The lowest BCUT2D eigenvalue weighted by molar-refractivity contribution is -0.109. The third kappa shape index (κ3) is 10.1. The van der Waals surface area contributed by atoms with Crippen molar-refractivity contribution in [1.29, 1.82) is 0 Å². The van der Waals surface area contributed by atoms with Crippen LogP contribution in [0.5, 0.6) is 0 Å². The molecule has 0 rings (SSSR count). The Kier molecular flexibility index (Phi) is 4.96. The van der Waals surface area contributed by atoms with Gasteiger partial charge in [0.15, 0.2) is 5.12 Å². The van der Waals surface area contributed by atoms with Crippen molar-refractivity contribution in [3.05, 3.63) is 0 Å². The van der Waals surface area contributed by atoms with Gasteiger partial charge in [-0.05, 0) is 0 Å². The van der Waals surface area contributed by atoms with E-state index in [1.165, 1.54) is 6.92 Å². The lowest BCUT2D eigenvalue weighted by Gasteiger charge is -2.02. The summed E-state index contributed by atoms with van der Waals surface area (Å²) in [6.45, 7) is 1.26. The zero-order valence-corrected chi connectivity index (χ0v) is 7.60. The van der Waals surface area contributed by atoms with E-state index >= 15 is 0 Å². The molecule has 2 N–H and O–H groups in total. The Bertz CT molecular complexity index is 175. The van der Waals surface area contributed by atoms with Gasteiger partial charge in [0.2, 0.25) is 0 Å². The predicted molar refractivity (Wildman–Crippen MR) is 41.1 cm³/mol. The summed E-state index contributed by atoms with van der Waals surface area (Å²) in [4.78, 5) is 26.6. The molecule has 7 heteroatoms. The van der Waals surface area contributed by atoms with Crippen molar-refractivity contribution in [2.24, 2.45) is 0 Å². The van der Waals surface area contributed by atoms with Gasteiger partial charge in [0.25, 0.3) is 0 Å². The molecular weight excluding hydrogens is 191 g/mol. The second kappa shape index (κ2) is 4.90. The molecule has 0 bridgehead atoms. The van der Waals surface area contributed by atoms with Gasteiger partial charge >= 0.3 is 7.82 Å². The molecule has 0 spiro atoms. The van der Waals surface area contributed by atoms with Crippen molar-refractivity contribution < 1.29 is 23.7 Å². The number of hydrogen-bond acceptors (Lipinski definition) is 4. The Morgan fingerprint density at radius 2 is 2.18 bits per heavy atom. The van der Waals surface area contributed by atoms with Crippen LogP contribution in [0.1, 0.15) is 6.92 Å². The fourth-order valence-corrected chi connectivity index (χ4v) is 1.25. The Hall–Kier alpha value is 0.130. The Morgan fingerprint density at radius 3 is 2.55 bits per heavy atom. The number of carbonyl (C=O) groups excluding carboxylic acids is 1. The number of thioether (sulfide) groups is 1. The molecule has 0 aliphatic heterocycles. The van der Waals surface area contributed by atoms with Crippen molar-refractivity contribution in [2.75, 3.05) is 12.4 Å². The predicted octanol–water partition coefficient (Wildman–Crippen LogP) is 0.375. The largest absolute Gasteiger partial charge is 0.469 e. The van der Waals surface area contributed by atoms with Crippen LogP contribution in [0.4, 0.5) is 0 Å². The fourth-order valence-electron chi connectivity index (χ4n) is 0.342. The zero-order valence-electron chi connectivity index (χ0n) is 5.89. The van der Waals surface area contributed by atoms with Crippen LogP contribution in [0.15, 0.2) is 0 Å². The van der Waals surface area contributed by atoms with Crippen LogP contribution in [-0.2, 0) is 13.9 Å². The van der Waals surface area contributed by atoms with E-state index < -0.39 is 7.82 Å². The molecule has 0 aliphatic rings. The van der Waals surface area contributed by atoms with Gasteiger partial charge in [0, 0.05) is 12.7 Å². The van der Waals surface area contributed by atoms with Crippen molar-refractivity contribution in [3.63, 3.8) is 0 Å². The van der Waals surface area contributed by atoms with Crippen LogP contribution >= 0.6 is 19.6 Å². The molecule has 0 saturated heterocycles. The van der Waals surface area contributed by atoms with Gasteiger partial charge in [0.1, 0.15) is 0 Å². The summed E-state index contributed by atoms with van der Waals surface area (Å²) in [7, 11) is -4.35. The first-order chi connectivity index (χ1) is 4.92. The third-order valence-electron chi connectivity index (χ3n) is 0.648. The maximum atomic E-state index is 10.3. The van der Waals surface area contributed by atoms with E-state index in [9.17, 15) is 9.36 Å². The maximum absolute atomic E-state index is 10.3. The molecule has 0 radical (unpaired) electrons. The number of hydrogen-bond donors (Lipinski definition) is 2. The Balaban J connectivity index is 3.29. The highest BCUT2D eigenvalue weighted by Gasteiger charge is 2.12. The van der Waals surface area contributed by atoms with E-state index in [4.69, 9.17) is 9.79 Å². The number of rotatable bonds is 4. The molecule has 11 heavy (non-hydrogen) atoms. The summed E-state index contributed by atoms with van der Waals surface area (Å²) in [6.07, 6.45) is 0. The molecule has 5 nitrogen and oxygen atoms in total. The van der Waals surface area contributed by atoms with Gasteiger partial charge < -0.3 is 9.79 Å². The topological polar surface area (TPSA) is 83.8 Å². The van der Waals surface area contributed by atoms with Gasteiger partial charge in [-0.25, -0.2) is 4.57 Å². The molecule has 0 heterocycles. The Labute approximate surface area is 68.4 Å². The van der Waals surface area contributed by atoms with Gasteiger partial charge in [-0.2, -0.15) is 0 Å². The average Bonchev–Trinajstić information content (AvgIpc) is 1.78. The van der Waals surface area contributed by atoms with Gasteiger partial charge in [0.05, 0.1) is 6.61 Å². The highest BCUT2D eigenvalue weighted by molar-refractivity contribution is 8.13. The minimum atomic E-state index is -4.35. The highest BCUT2D eigenvalue weighted by atomic mass is 32.2. The van der Waals surface area contributed by atoms with E-state index in [0.717, 1.165) is 11.8 Å². The quantitative estimate of drug-likeness (QED) is 0.504. The van der Waals surface area contributed by atoms with Crippen LogP contribution in [-0.4, -0.2) is 27.3 Å². The van der Waals surface area contributed by atoms with E-state index in [-0.39, 0.29) is 17.5 Å². The number of phosphoric acid groups is 1. The second-order valence-electron chi connectivity index (χ2n) is 1.66. The summed E-state index contributed by atoms with van der Waals surface area (Å²) in [5, 5.41) is -0.0979. The molecule has 0 saturated carbocycles. The highest BCUT2D eigenvalue weighted by Crippen LogP contribution is 2.35. The van der Waals surface area contributed by atoms with Crippen LogP contribution in [0.25, 0.3) is 0 Å². The molecule has 66 valence electrons. The molecular formula is C4H9O5PS. The smallest absolute Gasteiger partial charge is 0.303 e. The molecule has 0 aromatic heterocycles. The maximum Gasteiger partial charge on any atom is 0.469 e. The minimum absolute atomic E-state index is 0.0979. The second-order valence-corrected chi connectivity index (χ2v) is 4.18. The van der Waals surface area contributed by atoms with Crippen molar-refractivity contribution >= 4 is 24.7 Å². The summed E-state index contributed by atoms with van der Waals surface area (Å²) in [6, 6.07) is 0. The first-order valence-corrected chi connectivity index (χ1v) is 5.27. The third-order valence-corrected chi connectivity index (χ3v) is 1.94. The van der Waals surface area contributed by atoms with Crippen molar-refractivity contribution in [3.8, 4) is 0 Å². The first kappa shape index (κ1) is 11.1. The van der Waals surface area contributed by atoms with Gasteiger partial charge in [-0.15, -0.1) is 0 Å². The summed E-state index contributed by atoms with van der Waals surface area (Å²) < 4.78 is 14.1. The van der Waals surface area contributed by atoms with Gasteiger partial charge in [-0.1, -0.05) is 11.8 Å².